The standard InChI is InChI=1S/C22H20N2O3/c1-15-3-5-16(6-4-15)21-13-19(26-23-21)11-12-20-14-22(24-27-20)17-7-9-18(25-2)10-8-17/h3-13,20H,14H2,1-2H3/b12-11+. The van der Waals surface area contributed by atoms with E-state index in [4.69, 9.17) is 14.1 Å². The predicted octanol–water partition coefficient (Wildman–Crippen LogP) is 4.87. The minimum Gasteiger partial charge on any atom is -0.497 e. The second kappa shape index (κ2) is 7.50. The topological polar surface area (TPSA) is 56.9 Å². The van der Waals surface area contributed by atoms with Crippen LogP contribution in [0.3, 0.4) is 0 Å². The minimum atomic E-state index is -0.116. The second-order valence-corrected chi connectivity index (χ2v) is 6.45. The van der Waals surface area contributed by atoms with Gasteiger partial charge in [0.1, 0.15) is 11.4 Å². The molecule has 1 unspecified atom stereocenters. The fourth-order valence-corrected chi connectivity index (χ4v) is 2.88. The molecule has 0 aliphatic carbocycles. The van der Waals surface area contributed by atoms with Crippen LogP contribution in [0.2, 0.25) is 0 Å². The van der Waals surface area contributed by atoms with E-state index in [-0.39, 0.29) is 6.10 Å². The van der Waals surface area contributed by atoms with E-state index in [0.29, 0.717) is 12.2 Å². The Morgan fingerprint density at radius 2 is 1.78 bits per heavy atom. The van der Waals surface area contributed by atoms with Crippen molar-refractivity contribution >= 4 is 11.8 Å². The zero-order chi connectivity index (χ0) is 18.6. The van der Waals surface area contributed by atoms with Gasteiger partial charge in [-0.15, -0.1) is 0 Å². The monoisotopic (exact) mass is 360 g/mol. The van der Waals surface area contributed by atoms with E-state index < -0.39 is 0 Å². The molecule has 1 atom stereocenters. The van der Waals surface area contributed by atoms with E-state index in [0.717, 1.165) is 28.3 Å². The highest BCUT2D eigenvalue weighted by Gasteiger charge is 2.20. The largest absolute Gasteiger partial charge is 0.497 e. The van der Waals surface area contributed by atoms with Crippen molar-refractivity contribution in [2.45, 2.75) is 19.4 Å². The van der Waals surface area contributed by atoms with Crippen molar-refractivity contribution in [1.82, 2.24) is 5.16 Å². The maximum absolute atomic E-state index is 5.51. The van der Waals surface area contributed by atoms with Crippen LogP contribution in [0.1, 0.15) is 23.3 Å². The van der Waals surface area contributed by atoms with Crippen LogP contribution < -0.4 is 4.74 Å². The first kappa shape index (κ1) is 17.1. The zero-order valence-corrected chi connectivity index (χ0v) is 15.3. The Hall–Kier alpha value is -3.34. The predicted molar refractivity (Wildman–Crippen MR) is 105 cm³/mol. The van der Waals surface area contributed by atoms with Crippen LogP contribution >= 0.6 is 0 Å². The van der Waals surface area contributed by atoms with Crippen LogP contribution in [0, 0.1) is 6.92 Å². The molecule has 2 heterocycles. The van der Waals surface area contributed by atoms with E-state index >= 15 is 0 Å². The molecule has 0 saturated heterocycles. The molecular formula is C22H20N2O3. The van der Waals surface area contributed by atoms with Crippen molar-refractivity contribution in [3.63, 3.8) is 0 Å². The van der Waals surface area contributed by atoms with Gasteiger partial charge in [-0.25, -0.2) is 0 Å². The third-order valence-electron chi connectivity index (χ3n) is 4.47. The number of oxime groups is 1. The number of hydrogen-bond donors (Lipinski definition) is 0. The van der Waals surface area contributed by atoms with Gasteiger partial charge in [0, 0.05) is 18.1 Å². The molecule has 0 spiro atoms. The highest BCUT2D eigenvalue weighted by Crippen LogP contribution is 2.23. The summed E-state index contributed by atoms with van der Waals surface area (Å²) in [5.41, 5.74) is 5.02. The molecule has 0 N–H and O–H groups in total. The molecule has 27 heavy (non-hydrogen) atoms. The zero-order valence-electron chi connectivity index (χ0n) is 15.3. The Bertz CT molecular complexity index is 970. The average Bonchev–Trinajstić information content (AvgIpc) is 3.37. The molecule has 0 radical (unpaired) electrons. The normalized spacial score (nSPS) is 16.4. The first-order valence-corrected chi connectivity index (χ1v) is 8.80. The Labute approximate surface area is 157 Å². The summed E-state index contributed by atoms with van der Waals surface area (Å²) in [7, 11) is 1.65. The lowest BCUT2D eigenvalue weighted by Crippen LogP contribution is -2.04. The Morgan fingerprint density at radius 3 is 2.52 bits per heavy atom. The van der Waals surface area contributed by atoms with Gasteiger partial charge < -0.3 is 14.1 Å². The van der Waals surface area contributed by atoms with Gasteiger partial charge in [0.05, 0.1) is 12.8 Å². The van der Waals surface area contributed by atoms with Crippen LogP contribution in [-0.2, 0) is 4.84 Å². The maximum atomic E-state index is 5.51. The molecule has 2 aromatic carbocycles. The fourth-order valence-electron chi connectivity index (χ4n) is 2.88. The maximum Gasteiger partial charge on any atom is 0.160 e. The van der Waals surface area contributed by atoms with Crippen molar-refractivity contribution in [2.75, 3.05) is 7.11 Å². The number of nitrogens with zero attached hydrogens (tertiary/aromatic N) is 2. The van der Waals surface area contributed by atoms with Crippen LogP contribution in [0.25, 0.3) is 17.3 Å². The van der Waals surface area contributed by atoms with Gasteiger partial charge in [-0.1, -0.05) is 40.1 Å². The van der Waals surface area contributed by atoms with Crippen molar-refractivity contribution in [3.8, 4) is 17.0 Å². The van der Waals surface area contributed by atoms with E-state index in [9.17, 15) is 0 Å². The summed E-state index contributed by atoms with van der Waals surface area (Å²) in [6.45, 7) is 2.06. The van der Waals surface area contributed by atoms with E-state index in [1.807, 2.05) is 54.6 Å². The lowest BCUT2D eigenvalue weighted by atomic mass is 10.0. The summed E-state index contributed by atoms with van der Waals surface area (Å²) in [5, 5.41) is 8.33. The third-order valence-corrected chi connectivity index (χ3v) is 4.47. The number of aryl methyl sites for hydroxylation is 1. The quantitative estimate of drug-likeness (QED) is 0.652. The second-order valence-electron chi connectivity index (χ2n) is 6.45. The Kier molecular flexibility index (Phi) is 4.75. The molecule has 0 bridgehead atoms. The molecule has 1 aliphatic heterocycles. The molecule has 1 aromatic heterocycles. The molecule has 1 aliphatic rings. The van der Waals surface area contributed by atoms with Crippen molar-refractivity contribution in [3.05, 3.63) is 77.6 Å². The van der Waals surface area contributed by atoms with Crippen molar-refractivity contribution in [1.29, 1.82) is 0 Å². The van der Waals surface area contributed by atoms with E-state index in [2.05, 4.69) is 29.4 Å². The highest BCUT2D eigenvalue weighted by molar-refractivity contribution is 6.01. The summed E-state index contributed by atoms with van der Waals surface area (Å²) < 4.78 is 10.6. The number of hydrogen-bond acceptors (Lipinski definition) is 5. The molecule has 136 valence electrons. The smallest absolute Gasteiger partial charge is 0.160 e. The van der Waals surface area contributed by atoms with E-state index in [1.54, 1.807) is 7.11 Å². The SMILES string of the molecule is COc1ccc(C2=NOC(/C=C/c3cc(-c4ccc(C)cc4)no3)C2)cc1. The molecule has 3 aromatic rings. The lowest BCUT2D eigenvalue weighted by Gasteiger charge is -2.02. The number of benzene rings is 2. The number of methoxy groups -OCH3 is 1. The molecule has 5 heteroatoms. The molecule has 0 saturated carbocycles. The molecule has 0 fully saturated rings. The number of aromatic nitrogens is 1. The van der Waals surface area contributed by atoms with Gasteiger partial charge in [-0.2, -0.15) is 0 Å². The molecule has 0 amide bonds. The first-order chi connectivity index (χ1) is 13.2. The third kappa shape index (κ3) is 3.92. The summed E-state index contributed by atoms with van der Waals surface area (Å²) in [6.07, 6.45) is 4.42. The lowest BCUT2D eigenvalue weighted by molar-refractivity contribution is 0.120. The molecule has 4 rings (SSSR count). The summed E-state index contributed by atoms with van der Waals surface area (Å²) in [5.74, 6) is 1.51. The summed E-state index contributed by atoms with van der Waals surface area (Å²) in [6, 6.07) is 17.9. The summed E-state index contributed by atoms with van der Waals surface area (Å²) >= 11 is 0. The van der Waals surface area contributed by atoms with Gasteiger partial charge in [-0.05, 0) is 48.9 Å². The van der Waals surface area contributed by atoms with Gasteiger partial charge in [0.25, 0.3) is 0 Å². The first-order valence-electron chi connectivity index (χ1n) is 8.80. The van der Waals surface area contributed by atoms with Crippen LogP contribution in [-0.4, -0.2) is 24.1 Å². The van der Waals surface area contributed by atoms with Gasteiger partial charge >= 0.3 is 0 Å². The van der Waals surface area contributed by atoms with Crippen LogP contribution in [0.4, 0.5) is 0 Å². The number of ether oxygens (including phenoxy) is 1. The number of rotatable bonds is 5. The fraction of sp³-hybridized carbons (Fsp3) is 0.182. The Morgan fingerprint density at radius 1 is 1.04 bits per heavy atom. The van der Waals surface area contributed by atoms with Crippen molar-refractivity contribution in [2.24, 2.45) is 5.16 Å². The average molecular weight is 360 g/mol. The minimum absolute atomic E-state index is 0.116. The van der Waals surface area contributed by atoms with Crippen molar-refractivity contribution < 1.29 is 14.1 Å². The van der Waals surface area contributed by atoms with Gasteiger partial charge in [-0.3, -0.25) is 0 Å². The van der Waals surface area contributed by atoms with Crippen LogP contribution in [0.5, 0.6) is 5.75 Å². The van der Waals surface area contributed by atoms with Crippen LogP contribution in [0.15, 0.2) is 70.4 Å². The molecular weight excluding hydrogens is 340 g/mol. The van der Waals surface area contributed by atoms with Gasteiger partial charge in [0.15, 0.2) is 11.9 Å². The van der Waals surface area contributed by atoms with Gasteiger partial charge in [0.2, 0.25) is 0 Å². The highest BCUT2D eigenvalue weighted by atomic mass is 16.6. The Balaban J connectivity index is 1.39. The summed E-state index contributed by atoms with van der Waals surface area (Å²) in [4.78, 5) is 5.51. The molecule has 5 nitrogen and oxygen atoms in total. The van der Waals surface area contributed by atoms with E-state index in [1.165, 1.54) is 5.56 Å².